The fraction of sp³-hybridized carbons (Fsp3) is 0.571. The number of nitrogens with one attached hydrogen (secondary N) is 1. The molecular weight excluding hydrogens is 172 g/mol. The van der Waals surface area contributed by atoms with Crippen molar-refractivity contribution in [1.82, 2.24) is 20.3 Å². The van der Waals surface area contributed by atoms with Crippen molar-refractivity contribution in [1.29, 1.82) is 0 Å². The highest BCUT2D eigenvalue weighted by Crippen LogP contribution is 2.12. The topological polar surface area (TPSA) is 69.0 Å². The maximum absolute atomic E-state index is 11.2. The molecule has 2 heterocycles. The van der Waals surface area contributed by atoms with E-state index >= 15 is 0 Å². The molecule has 2 rings (SSSR count). The van der Waals surface area contributed by atoms with Crippen molar-refractivity contribution in [2.75, 3.05) is 20.2 Å². The number of esters is 1. The molecule has 6 heteroatoms. The van der Waals surface area contributed by atoms with Gasteiger partial charge in [-0.25, -0.2) is 9.48 Å². The molecule has 0 atom stereocenters. The summed E-state index contributed by atoms with van der Waals surface area (Å²) in [6.07, 6.45) is 1.42. The Morgan fingerprint density at radius 2 is 2.54 bits per heavy atom. The van der Waals surface area contributed by atoms with Gasteiger partial charge in [0.2, 0.25) is 0 Å². The minimum Gasteiger partial charge on any atom is -0.464 e. The average Bonchev–Trinajstić information content (AvgIpc) is 2.49. The maximum Gasteiger partial charge on any atom is 0.358 e. The summed E-state index contributed by atoms with van der Waals surface area (Å²) in [7, 11) is 1.35. The third-order valence-electron chi connectivity index (χ3n) is 2.08. The van der Waals surface area contributed by atoms with Gasteiger partial charge in [0.1, 0.15) is 0 Å². The number of ether oxygens (including phenoxy) is 1. The van der Waals surface area contributed by atoms with Crippen molar-refractivity contribution < 1.29 is 9.53 Å². The summed E-state index contributed by atoms with van der Waals surface area (Å²) < 4.78 is 6.19. The molecule has 0 amide bonds. The number of rotatable bonds is 2. The molecule has 1 aromatic heterocycles. The van der Waals surface area contributed by atoms with Crippen LogP contribution in [0.25, 0.3) is 0 Å². The average molecular weight is 182 g/mol. The van der Waals surface area contributed by atoms with Gasteiger partial charge < -0.3 is 10.1 Å². The van der Waals surface area contributed by atoms with Crippen LogP contribution >= 0.6 is 0 Å². The molecule has 0 spiro atoms. The fourth-order valence-electron chi connectivity index (χ4n) is 1.21. The van der Waals surface area contributed by atoms with Gasteiger partial charge in [0.15, 0.2) is 5.69 Å². The third-order valence-corrected chi connectivity index (χ3v) is 2.08. The van der Waals surface area contributed by atoms with Crippen molar-refractivity contribution in [2.45, 2.75) is 6.04 Å². The first-order valence-electron chi connectivity index (χ1n) is 4.02. The largest absolute Gasteiger partial charge is 0.464 e. The Kier molecular flexibility index (Phi) is 1.97. The summed E-state index contributed by atoms with van der Waals surface area (Å²) in [6, 6.07) is 0.233. The van der Waals surface area contributed by atoms with E-state index in [9.17, 15) is 4.79 Å². The van der Waals surface area contributed by atoms with Crippen LogP contribution in [0.5, 0.6) is 0 Å². The lowest BCUT2D eigenvalue weighted by atomic mass is 10.2. The summed E-state index contributed by atoms with van der Waals surface area (Å²) >= 11 is 0. The standard InChI is InChI=1S/C7H10N4O2/c1-13-7(12)6-4-9-10-11(6)5-2-8-3-5/h4-5,8H,2-3H2,1H3. The van der Waals surface area contributed by atoms with Crippen LogP contribution < -0.4 is 5.32 Å². The zero-order valence-electron chi connectivity index (χ0n) is 7.23. The summed E-state index contributed by atoms with van der Waals surface area (Å²) in [6.45, 7) is 1.65. The Bertz CT molecular complexity index is 318. The van der Waals surface area contributed by atoms with Gasteiger partial charge in [-0.05, 0) is 0 Å². The number of aromatic nitrogens is 3. The van der Waals surface area contributed by atoms with E-state index < -0.39 is 5.97 Å². The predicted molar refractivity (Wildman–Crippen MR) is 43.3 cm³/mol. The smallest absolute Gasteiger partial charge is 0.358 e. The molecule has 0 unspecified atom stereocenters. The normalized spacial score (nSPS) is 16.7. The molecule has 70 valence electrons. The monoisotopic (exact) mass is 182 g/mol. The van der Waals surface area contributed by atoms with Gasteiger partial charge in [-0.1, -0.05) is 5.21 Å². The number of carbonyl (C=O) groups is 1. The van der Waals surface area contributed by atoms with Crippen LogP contribution in [-0.4, -0.2) is 41.2 Å². The number of methoxy groups -OCH3 is 1. The van der Waals surface area contributed by atoms with E-state index in [1.165, 1.54) is 13.3 Å². The molecule has 0 aliphatic carbocycles. The summed E-state index contributed by atoms with van der Waals surface area (Å²) in [5.74, 6) is -0.392. The van der Waals surface area contributed by atoms with Gasteiger partial charge in [-0.15, -0.1) is 5.10 Å². The Labute approximate surface area is 74.9 Å². The van der Waals surface area contributed by atoms with Gasteiger partial charge in [0.05, 0.1) is 19.3 Å². The number of nitrogens with zero attached hydrogens (tertiary/aromatic N) is 3. The van der Waals surface area contributed by atoms with Gasteiger partial charge in [-0.3, -0.25) is 0 Å². The van der Waals surface area contributed by atoms with E-state index in [2.05, 4.69) is 20.4 Å². The summed E-state index contributed by atoms with van der Waals surface area (Å²) in [5.41, 5.74) is 0.411. The molecule has 1 saturated heterocycles. The van der Waals surface area contributed by atoms with Crippen molar-refractivity contribution in [2.24, 2.45) is 0 Å². The molecule has 0 aromatic carbocycles. The summed E-state index contributed by atoms with van der Waals surface area (Å²) in [5, 5.41) is 10.6. The van der Waals surface area contributed by atoms with Gasteiger partial charge in [0.25, 0.3) is 0 Å². The van der Waals surface area contributed by atoms with E-state index in [-0.39, 0.29) is 6.04 Å². The van der Waals surface area contributed by atoms with Crippen LogP contribution in [-0.2, 0) is 4.74 Å². The van der Waals surface area contributed by atoms with Crippen molar-refractivity contribution in [3.05, 3.63) is 11.9 Å². The highest BCUT2D eigenvalue weighted by atomic mass is 16.5. The van der Waals surface area contributed by atoms with E-state index in [1.807, 2.05) is 0 Å². The first-order valence-corrected chi connectivity index (χ1v) is 4.02. The molecule has 0 radical (unpaired) electrons. The van der Waals surface area contributed by atoms with E-state index in [0.717, 1.165) is 13.1 Å². The van der Waals surface area contributed by atoms with Crippen LogP contribution in [0.4, 0.5) is 0 Å². The second-order valence-electron chi connectivity index (χ2n) is 2.87. The second kappa shape index (κ2) is 3.14. The molecule has 1 fully saturated rings. The molecular formula is C7H10N4O2. The zero-order valence-corrected chi connectivity index (χ0v) is 7.23. The van der Waals surface area contributed by atoms with Gasteiger partial charge >= 0.3 is 5.97 Å². The number of carbonyl (C=O) groups excluding carboxylic acids is 1. The summed E-state index contributed by atoms with van der Waals surface area (Å²) in [4.78, 5) is 11.2. The molecule has 6 nitrogen and oxygen atoms in total. The lowest BCUT2D eigenvalue weighted by Gasteiger charge is -2.27. The second-order valence-corrected chi connectivity index (χ2v) is 2.87. The fourth-order valence-corrected chi connectivity index (χ4v) is 1.21. The molecule has 1 N–H and O–H groups in total. The van der Waals surface area contributed by atoms with Crippen molar-refractivity contribution in [3.63, 3.8) is 0 Å². The minimum atomic E-state index is -0.392. The first kappa shape index (κ1) is 8.18. The number of hydrogen-bond donors (Lipinski definition) is 1. The molecule has 1 aromatic rings. The van der Waals surface area contributed by atoms with Crippen LogP contribution in [0.1, 0.15) is 16.5 Å². The number of hydrogen-bond acceptors (Lipinski definition) is 5. The highest BCUT2D eigenvalue weighted by molar-refractivity contribution is 5.86. The van der Waals surface area contributed by atoms with Crippen molar-refractivity contribution in [3.8, 4) is 0 Å². The first-order chi connectivity index (χ1) is 6.33. The molecule has 13 heavy (non-hydrogen) atoms. The molecule has 0 bridgehead atoms. The van der Waals surface area contributed by atoms with E-state index in [1.54, 1.807) is 4.68 Å². The zero-order chi connectivity index (χ0) is 9.26. The van der Waals surface area contributed by atoms with E-state index in [4.69, 9.17) is 0 Å². The molecule has 1 aliphatic rings. The Balaban J connectivity index is 2.24. The van der Waals surface area contributed by atoms with Crippen LogP contribution in [0.2, 0.25) is 0 Å². The SMILES string of the molecule is COC(=O)c1cnnn1C1CNC1. The minimum absolute atomic E-state index is 0.233. The highest BCUT2D eigenvalue weighted by Gasteiger charge is 2.25. The molecule has 1 aliphatic heterocycles. The van der Waals surface area contributed by atoms with Crippen molar-refractivity contribution >= 4 is 5.97 Å². The Hall–Kier alpha value is -1.43. The lowest BCUT2D eigenvalue weighted by Crippen LogP contribution is -2.44. The third kappa shape index (κ3) is 1.29. The van der Waals surface area contributed by atoms with Gasteiger partial charge in [-0.2, -0.15) is 0 Å². The van der Waals surface area contributed by atoms with Crippen LogP contribution in [0, 0.1) is 0 Å². The predicted octanol–water partition coefficient (Wildman–Crippen LogP) is -0.791. The van der Waals surface area contributed by atoms with Gasteiger partial charge in [0, 0.05) is 13.1 Å². The van der Waals surface area contributed by atoms with Crippen LogP contribution in [0.15, 0.2) is 6.20 Å². The van der Waals surface area contributed by atoms with E-state index in [0.29, 0.717) is 5.69 Å². The quantitative estimate of drug-likeness (QED) is 0.607. The molecule has 0 saturated carbocycles. The maximum atomic E-state index is 11.2. The Morgan fingerprint density at radius 1 is 1.77 bits per heavy atom. The Morgan fingerprint density at radius 3 is 3.08 bits per heavy atom. The van der Waals surface area contributed by atoms with Crippen LogP contribution in [0.3, 0.4) is 0 Å². The lowest BCUT2D eigenvalue weighted by molar-refractivity contribution is 0.0580.